The number of nitrogens with zero attached hydrogens (tertiary/aromatic N) is 1. The zero-order chi connectivity index (χ0) is 19.4. The molecule has 0 atom stereocenters. The van der Waals surface area contributed by atoms with E-state index in [1.165, 1.54) is 6.92 Å². The molecule has 1 heterocycles. The van der Waals surface area contributed by atoms with Gasteiger partial charge in [0.2, 0.25) is 22.7 Å². The lowest BCUT2D eigenvalue weighted by Crippen LogP contribution is -2.41. The van der Waals surface area contributed by atoms with Crippen molar-refractivity contribution >= 4 is 33.2 Å². The second kappa shape index (κ2) is 8.06. The van der Waals surface area contributed by atoms with Crippen LogP contribution in [-0.2, 0) is 21.4 Å². The summed E-state index contributed by atoms with van der Waals surface area (Å²) in [6.45, 7) is 1.47. The third kappa shape index (κ3) is 4.45. The average Bonchev–Trinajstić information content (AvgIpc) is 3.13. The molecule has 0 fully saturated rings. The van der Waals surface area contributed by atoms with Crippen LogP contribution in [0.5, 0.6) is 11.5 Å². The van der Waals surface area contributed by atoms with Gasteiger partial charge in [0.05, 0.1) is 11.4 Å². The van der Waals surface area contributed by atoms with Gasteiger partial charge >= 0.3 is 0 Å². The molecule has 3 rings (SSSR count). The van der Waals surface area contributed by atoms with E-state index in [0.717, 1.165) is 9.87 Å². The van der Waals surface area contributed by atoms with Gasteiger partial charge in [-0.1, -0.05) is 29.8 Å². The summed E-state index contributed by atoms with van der Waals surface area (Å²) in [4.78, 5) is 12.4. The predicted molar refractivity (Wildman–Crippen MR) is 103 cm³/mol. The number of benzene rings is 2. The van der Waals surface area contributed by atoms with Gasteiger partial charge in [0.15, 0.2) is 11.5 Å². The van der Waals surface area contributed by atoms with Crippen LogP contribution >= 0.6 is 11.6 Å². The molecule has 9 heteroatoms. The van der Waals surface area contributed by atoms with Crippen LogP contribution in [0.15, 0.2) is 42.5 Å². The Kier molecular flexibility index (Phi) is 5.76. The molecule has 27 heavy (non-hydrogen) atoms. The smallest absolute Gasteiger partial charge is 0.241 e. The standard InChI is InChI=1S/C18H19ClN2O5S/c1-2-27(23,24)21(14-7-8-16-17(9-14)26-12-25-16)11-18(22)20-10-13-5-3-4-6-15(13)19/h3-9H,2,10-12H2,1H3,(H,20,22). The maximum atomic E-state index is 12.5. The number of hydrogen-bond acceptors (Lipinski definition) is 5. The highest BCUT2D eigenvalue weighted by atomic mass is 35.5. The molecule has 0 aliphatic carbocycles. The molecule has 1 N–H and O–H groups in total. The second-order valence-electron chi connectivity index (χ2n) is 5.81. The molecule has 144 valence electrons. The molecule has 2 aromatic carbocycles. The van der Waals surface area contributed by atoms with E-state index in [9.17, 15) is 13.2 Å². The van der Waals surface area contributed by atoms with Crippen molar-refractivity contribution in [3.63, 3.8) is 0 Å². The largest absolute Gasteiger partial charge is 0.454 e. The molecule has 1 aliphatic rings. The highest BCUT2D eigenvalue weighted by Crippen LogP contribution is 2.36. The van der Waals surface area contributed by atoms with Crippen LogP contribution < -0.4 is 19.1 Å². The Morgan fingerprint density at radius 1 is 1.19 bits per heavy atom. The molecule has 1 amide bonds. The minimum atomic E-state index is -3.67. The molecule has 0 saturated heterocycles. The molecule has 1 aliphatic heterocycles. The Labute approximate surface area is 162 Å². The molecular formula is C18H19ClN2O5S. The Hall–Kier alpha value is -2.45. The van der Waals surface area contributed by atoms with E-state index >= 15 is 0 Å². The first-order valence-electron chi connectivity index (χ1n) is 8.31. The number of carbonyl (C=O) groups excluding carboxylic acids is 1. The van der Waals surface area contributed by atoms with Crippen LogP contribution in [0.3, 0.4) is 0 Å². The lowest BCUT2D eigenvalue weighted by atomic mass is 10.2. The predicted octanol–water partition coefficient (Wildman–Crippen LogP) is 2.54. The number of rotatable bonds is 7. The van der Waals surface area contributed by atoms with E-state index in [1.54, 1.807) is 36.4 Å². The quantitative estimate of drug-likeness (QED) is 0.758. The van der Waals surface area contributed by atoms with E-state index in [0.29, 0.717) is 22.2 Å². The number of sulfonamides is 1. The van der Waals surface area contributed by atoms with Crippen molar-refractivity contribution in [3.05, 3.63) is 53.1 Å². The van der Waals surface area contributed by atoms with Gasteiger partial charge in [0, 0.05) is 17.6 Å². The summed E-state index contributed by atoms with van der Waals surface area (Å²) in [5.41, 5.74) is 1.09. The Bertz CT molecular complexity index is 949. The van der Waals surface area contributed by atoms with Crippen molar-refractivity contribution in [2.24, 2.45) is 0 Å². The summed E-state index contributed by atoms with van der Waals surface area (Å²) in [7, 11) is -3.67. The van der Waals surface area contributed by atoms with Crippen LogP contribution in [0.25, 0.3) is 0 Å². The van der Waals surface area contributed by atoms with Crippen molar-refractivity contribution < 1.29 is 22.7 Å². The van der Waals surface area contributed by atoms with Gasteiger partial charge < -0.3 is 14.8 Å². The van der Waals surface area contributed by atoms with Gasteiger partial charge in [-0.2, -0.15) is 0 Å². The molecule has 0 aromatic heterocycles. The summed E-state index contributed by atoms with van der Waals surface area (Å²) < 4.78 is 36.6. The molecule has 0 unspecified atom stereocenters. The molecule has 2 aromatic rings. The van der Waals surface area contributed by atoms with Crippen LogP contribution in [0, 0.1) is 0 Å². The topological polar surface area (TPSA) is 84.9 Å². The first-order valence-corrected chi connectivity index (χ1v) is 10.3. The minimum Gasteiger partial charge on any atom is -0.454 e. The fourth-order valence-corrected chi connectivity index (χ4v) is 3.83. The number of hydrogen-bond donors (Lipinski definition) is 1. The molecule has 7 nitrogen and oxygen atoms in total. The maximum absolute atomic E-state index is 12.5. The highest BCUT2D eigenvalue weighted by molar-refractivity contribution is 7.92. The van der Waals surface area contributed by atoms with E-state index in [1.807, 2.05) is 6.07 Å². The van der Waals surface area contributed by atoms with Gasteiger partial charge in [-0.25, -0.2) is 8.42 Å². The summed E-state index contributed by atoms with van der Waals surface area (Å²) >= 11 is 6.08. The lowest BCUT2D eigenvalue weighted by molar-refractivity contribution is -0.119. The van der Waals surface area contributed by atoms with Crippen molar-refractivity contribution in [1.29, 1.82) is 0 Å². The van der Waals surface area contributed by atoms with E-state index < -0.39 is 15.9 Å². The van der Waals surface area contributed by atoms with Crippen LogP contribution in [0.2, 0.25) is 5.02 Å². The van der Waals surface area contributed by atoms with Crippen LogP contribution in [0.1, 0.15) is 12.5 Å². The monoisotopic (exact) mass is 410 g/mol. The van der Waals surface area contributed by atoms with Crippen molar-refractivity contribution in [3.8, 4) is 11.5 Å². The Morgan fingerprint density at radius 2 is 1.93 bits per heavy atom. The third-order valence-electron chi connectivity index (χ3n) is 4.07. The van der Waals surface area contributed by atoms with Crippen LogP contribution in [0.4, 0.5) is 5.69 Å². The minimum absolute atomic E-state index is 0.0810. The zero-order valence-electron chi connectivity index (χ0n) is 14.6. The van der Waals surface area contributed by atoms with Gasteiger partial charge in [0.1, 0.15) is 6.54 Å². The number of fused-ring (bicyclic) bond motifs is 1. The molecule has 0 saturated carbocycles. The lowest BCUT2D eigenvalue weighted by Gasteiger charge is -2.23. The van der Waals surface area contributed by atoms with Gasteiger partial charge in [-0.05, 0) is 30.7 Å². The summed E-state index contributed by atoms with van der Waals surface area (Å²) in [6, 6.07) is 11.9. The van der Waals surface area contributed by atoms with Gasteiger partial charge in [-0.3, -0.25) is 9.10 Å². The van der Waals surface area contributed by atoms with Crippen molar-refractivity contribution in [2.75, 3.05) is 23.4 Å². The fraction of sp³-hybridized carbons (Fsp3) is 0.278. The number of amides is 1. The maximum Gasteiger partial charge on any atom is 0.241 e. The average molecular weight is 411 g/mol. The van der Waals surface area contributed by atoms with Gasteiger partial charge in [-0.15, -0.1) is 0 Å². The normalized spacial score (nSPS) is 12.7. The summed E-state index contributed by atoms with van der Waals surface area (Å²) in [6.07, 6.45) is 0. The second-order valence-corrected chi connectivity index (χ2v) is 8.40. The summed E-state index contributed by atoms with van der Waals surface area (Å²) in [5.74, 6) is 0.403. The van der Waals surface area contributed by atoms with Crippen molar-refractivity contribution in [2.45, 2.75) is 13.5 Å². The number of carbonyl (C=O) groups is 1. The highest BCUT2D eigenvalue weighted by Gasteiger charge is 2.25. The number of halogens is 1. The first kappa shape index (κ1) is 19.3. The summed E-state index contributed by atoms with van der Waals surface area (Å²) in [5, 5.41) is 3.24. The Morgan fingerprint density at radius 3 is 2.67 bits per heavy atom. The number of anilines is 1. The fourth-order valence-electron chi connectivity index (χ4n) is 2.57. The molecule has 0 radical (unpaired) electrons. The molecule has 0 spiro atoms. The number of nitrogens with one attached hydrogen (secondary N) is 1. The van der Waals surface area contributed by atoms with Crippen molar-refractivity contribution in [1.82, 2.24) is 5.32 Å². The Balaban J connectivity index is 1.76. The van der Waals surface area contributed by atoms with Gasteiger partial charge in [0.25, 0.3) is 0 Å². The number of ether oxygens (including phenoxy) is 2. The molecule has 0 bridgehead atoms. The zero-order valence-corrected chi connectivity index (χ0v) is 16.2. The van der Waals surface area contributed by atoms with E-state index in [2.05, 4.69) is 5.32 Å². The first-order chi connectivity index (χ1) is 12.9. The van der Waals surface area contributed by atoms with E-state index in [-0.39, 0.29) is 25.6 Å². The third-order valence-corrected chi connectivity index (χ3v) is 6.18. The van der Waals surface area contributed by atoms with Crippen LogP contribution in [-0.4, -0.2) is 33.4 Å². The SMILES string of the molecule is CCS(=O)(=O)N(CC(=O)NCc1ccccc1Cl)c1ccc2c(c1)OCO2. The van der Waals surface area contributed by atoms with E-state index in [4.69, 9.17) is 21.1 Å². The molecular weight excluding hydrogens is 392 g/mol.